The van der Waals surface area contributed by atoms with Crippen LogP contribution in [0, 0.1) is 0 Å². The Hall–Kier alpha value is -2.53. The number of aryl methyl sites for hydroxylation is 1. The second-order valence-corrected chi connectivity index (χ2v) is 5.73. The average molecular weight is 346 g/mol. The van der Waals surface area contributed by atoms with Gasteiger partial charge in [0.1, 0.15) is 17.6 Å². The lowest BCUT2D eigenvalue weighted by atomic mass is 10.00. The Bertz CT molecular complexity index is 834. The van der Waals surface area contributed by atoms with Crippen molar-refractivity contribution in [3.63, 3.8) is 0 Å². The minimum Gasteiger partial charge on any atom is -0.461 e. The van der Waals surface area contributed by atoms with Gasteiger partial charge in [-0.05, 0) is 23.8 Å². The number of aliphatic hydroxyl groups excluding tert-OH is 1. The zero-order valence-corrected chi connectivity index (χ0v) is 13.5. The first kappa shape index (κ1) is 17.3. The molecule has 5 heteroatoms. The molecule has 0 bridgehead atoms. The summed E-state index contributed by atoms with van der Waals surface area (Å²) in [6.07, 6.45) is -4.65. The smallest absolute Gasteiger partial charge is 0.416 e. The Morgan fingerprint density at radius 3 is 2.20 bits per heavy atom. The number of halogens is 3. The van der Waals surface area contributed by atoms with Gasteiger partial charge in [-0.15, -0.1) is 0 Å². The summed E-state index contributed by atoms with van der Waals surface area (Å²) in [6, 6.07) is 15.7. The van der Waals surface area contributed by atoms with Crippen LogP contribution in [0.4, 0.5) is 13.2 Å². The van der Waals surface area contributed by atoms with Crippen LogP contribution in [0.25, 0.3) is 11.3 Å². The fraction of sp³-hybridized carbons (Fsp3) is 0.200. The van der Waals surface area contributed by atoms with Gasteiger partial charge in [-0.2, -0.15) is 13.2 Å². The summed E-state index contributed by atoms with van der Waals surface area (Å²) in [6.45, 7) is 1.90. The van der Waals surface area contributed by atoms with Crippen LogP contribution in [0.15, 0.2) is 65.1 Å². The minimum absolute atomic E-state index is 0.440. The van der Waals surface area contributed by atoms with Gasteiger partial charge in [-0.1, -0.05) is 49.4 Å². The van der Waals surface area contributed by atoms with E-state index in [-0.39, 0.29) is 0 Å². The van der Waals surface area contributed by atoms with Crippen molar-refractivity contribution >= 4 is 0 Å². The minimum atomic E-state index is -4.37. The number of alkyl halides is 3. The molecule has 1 atom stereocenters. The number of aliphatic hydroxyl groups is 1. The molecule has 0 saturated carbocycles. The molecule has 0 aliphatic carbocycles. The van der Waals surface area contributed by atoms with Crippen molar-refractivity contribution < 1.29 is 22.7 Å². The molecule has 130 valence electrons. The van der Waals surface area contributed by atoms with Crippen LogP contribution in [-0.2, 0) is 12.6 Å². The molecule has 3 aromatic rings. The standard InChI is InChI=1S/C20H17F3O2/c1-2-17-16(19(24)14-6-4-3-5-7-14)12-18(25-17)13-8-10-15(11-9-13)20(21,22)23/h3-12,19,24H,2H2,1H3. The highest BCUT2D eigenvalue weighted by Gasteiger charge is 2.30. The zero-order valence-electron chi connectivity index (χ0n) is 13.5. The third-order valence-electron chi connectivity index (χ3n) is 4.07. The molecule has 0 radical (unpaired) electrons. The molecule has 1 heterocycles. The molecule has 1 unspecified atom stereocenters. The zero-order chi connectivity index (χ0) is 18.0. The quantitative estimate of drug-likeness (QED) is 0.666. The molecule has 0 fully saturated rings. The van der Waals surface area contributed by atoms with E-state index in [0.29, 0.717) is 29.1 Å². The van der Waals surface area contributed by atoms with Crippen molar-refractivity contribution in [3.8, 4) is 11.3 Å². The van der Waals surface area contributed by atoms with Gasteiger partial charge in [0.05, 0.1) is 5.56 Å². The molecule has 0 amide bonds. The van der Waals surface area contributed by atoms with E-state index in [9.17, 15) is 18.3 Å². The summed E-state index contributed by atoms with van der Waals surface area (Å²) in [7, 11) is 0. The highest BCUT2D eigenvalue weighted by Crippen LogP contribution is 2.35. The summed E-state index contributed by atoms with van der Waals surface area (Å²) in [4.78, 5) is 0. The molecule has 0 spiro atoms. The molecular weight excluding hydrogens is 329 g/mol. The summed E-state index contributed by atoms with van der Waals surface area (Å²) < 4.78 is 43.8. The predicted molar refractivity (Wildman–Crippen MR) is 89.0 cm³/mol. The second-order valence-electron chi connectivity index (χ2n) is 5.73. The van der Waals surface area contributed by atoms with Gasteiger partial charge in [-0.25, -0.2) is 0 Å². The largest absolute Gasteiger partial charge is 0.461 e. The Kier molecular flexibility index (Phi) is 4.68. The fourth-order valence-electron chi connectivity index (χ4n) is 2.73. The lowest BCUT2D eigenvalue weighted by molar-refractivity contribution is -0.137. The monoisotopic (exact) mass is 346 g/mol. The van der Waals surface area contributed by atoms with Gasteiger partial charge < -0.3 is 9.52 Å². The lowest BCUT2D eigenvalue weighted by Crippen LogP contribution is -2.03. The van der Waals surface area contributed by atoms with Crippen LogP contribution in [0.1, 0.15) is 35.5 Å². The summed E-state index contributed by atoms with van der Waals surface area (Å²) in [5.74, 6) is 1.06. The molecule has 3 rings (SSSR count). The molecule has 1 N–H and O–H groups in total. The van der Waals surface area contributed by atoms with Crippen molar-refractivity contribution in [3.05, 3.63) is 83.1 Å². The van der Waals surface area contributed by atoms with Crippen LogP contribution in [0.5, 0.6) is 0 Å². The number of benzene rings is 2. The van der Waals surface area contributed by atoms with Crippen molar-refractivity contribution in [2.24, 2.45) is 0 Å². The summed E-state index contributed by atoms with van der Waals surface area (Å²) in [5.41, 5.74) is 1.19. The number of hydrogen-bond donors (Lipinski definition) is 1. The van der Waals surface area contributed by atoms with Gasteiger partial charge in [-0.3, -0.25) is 0 Å². The van der Waals surface area contributed by atoms with E-state index in [0.717, 1.165) is 17.7 Å². The van der Waals surface area contributed by atoms with Crippen LogP contribution >= 0.6 is 0 Å². The number of furan rings is 1. The first-order valence-corrected chi connectivity index (χ1v) is 7.93. The van der Waals surface area contributed by atoms with E-state index in [4.69, 9.17) is 4.42 Å². The Morgan fingerprint density at radius 1 is 1.00 bits per heavy atom. The Labute approximate surface area is 143 Å². The highest BCUT2D eigenvalue weighted by molar-refractivity contribution is 5.60. The van der Waals surface area contributed by atoms with Gasteiger partial charge >= 0.3 is 6.18 Å². The molecule has 25 heavy (non-hydrogen) atoms. The van der Waals surface area contributed by atoms with E-state index in [1.807, 2.05) is 37.3 Å². The van der Waals surface area contributed by atoms with Gasteiger partial charge in [0.25, 0.3) is 0 Å². The first-order chi connectivity index (χ1) is 11.9. The fourth-order valence-corrected chi connectivity index (χ4v) is 2.73. The first-order valence-electron chi connectivity index (χ1n) is 7.93. The van der Waals surface area contributed by atoms with Crippen molar-refractivity contribution in [2.45, 2.75) is 25.6 Å². The van der Waals surface area contributed by atoms with E-state index < -0.39 is 17.8 Å². The summed E-state index contributed by atoms with van der Waals surface area (Å²) in [5, 5.41) is 10.6. The molecule has 0 aliphatic heterocycles. The molecular formula is C20H17F3O2. The SMILES string of the molecule is CCc1oc(-c2ccc(C(F)(F)F)cc2)cc1C(O)c1ccccc1. The maximum Gasteiger partial charge on any atom is 0.416 e. The van der Waals surface area contributed by atoms with E-state index in [2.05, 4.69) is 0 Å². The third kappa shape index (κ3) is 3.61. The van der Waals surface area contributed by atoms with Gasteiger partial charge in [0.15, 0.2) is 0 Å². The lowest BCUT2D eigenvalue weighted by Gasteiger charge is -2.10. The molecule has 2 aromatic carbocycles. The third-order valence-corrected chi connectivity index (χ3v) is 4.07. The number of rotatable bonds is 4. The van der Waals surface area contributed by atoms with E-state index in [1.165, 1.54) is 12.1 Å². The second kappa shape index (κ2) is 6.76. The van der Waals surface area contributed by atoms with Crippen LogP contribution in [0.2, 0.25) is 0 Å². The molecule has 1 aromatic heterocycles. The Morgan fingerprint density at radius 2 is 1.64 bits per heavy atom. The number of hydrogen-bond acceptors (Lipinski definition) is 2. The maximum absolute atomic E-state index is 12.7. The van der Waals surface area contributed by atoms with Crippen molar-refractivity contribution in [1.29, 1.82) is 0 Å². The molecule has 0 saturated heterocycles. The van der Waals surface area contributed by atoms with Gasteiger partial charge in [0.2, 0.25) is 0 Å². The van der Waals surface area contributed by atoms with E-state index in [1.54, 1.807) is 6.07 Å². The summed E-state index contributed by atoms with van der Waals surface area (Å²) >= 11 is 0. The predicted octanol–water partition coefficient (Wildman–Crippen LogP) is 5.61. The highest BCUT2D eigenvalue weighted by atomic mass is 19.4. The normalized spacial score (nSPS) is 13.0. The van der Waals surface area contributed by atoms with Crippen LogP contribution in [-0.4, -0.2) is 5.11 Å². The van der Waals surface area contributed by atoms with Crippen molar-refractivity contribution in [2.75, 3.05) is 0 Å². The van der Waals surface area contributed by atoms with Gasteiger partial charge in [0, 0.05) is 17.5 Å². The average Bonchev–Trinajstić information content (AvgIpc) is 3.05. The van der Waals surface area contributed by atoms with Crippen LogP contribution < -0.4 is 0 Å². The maximum atomic E-state index is 12.7. The topological polar surface area (TPSA) is 33.4 Å². The Balaban J connectivity index is 1.95. The molecule has 2 nitrogen and oxygen atoms in total. The van der Waals surface area contributed by atoms with Crippen LogP contribution in [0.3, 0.4) is 0 Å². The van der Waals surface area contributed by atoms with Crippen molar-refractivity contribution in [1.82, 2.24) is 0 Å². The van der Waals surface area contributed by atoms with E-state index >= 15 is 0 Å². The molecule has 0 aliphatic rings.